The highest BCUT2D eigenvalue weighted by Crippen LogP contribution is 2.47. The first-order valence-corrected chi connectivity index (χ1v) is 10.5. The number of rotatable bonds is 4. The van der Waals surface area contributed by atoms with E-state index in [4.69, 9.17) is 4.74 Å². The van der Waals surface area contributed by atoms with Crippen molar-refractivity contribution in [2.24, 2.45) is 5.92 Å². The van der Waals surface area contributed by atoms with E-state index in [-0.39, 0.29) is 0 Å². The molecule has 3 heteroatoms. The molecule has 1 aromatic heterocycles. The Labute approximate surface area is 159 Å². The number of nitrogens with zero attached hydrogens (tertiary/aromatic N) is 1. The van der Waals surface area contributed by atoms with Crippen molar-refractivity contribution in [2.75, 3.05) is 13.7 Å². The molecule has 0 spiro atoms. The number of ether oxygens (including phenoxy) is 1. The van der Waals surface area contributed by atoms with Crippen LogP contribution in [0, 0.1) is 5.92 Å². The van der Waals surface area contributed by atoms with Gasteiger partial charge in [0.25, 0.3) is 0 Å². The van der Waals surface area contributed by atoms with E-state index in [9.17, 15) is 0 Å². The lowest BCUT2D eigenvalue weighted by molar-refractivity contribution is 0.0681. The van der Waals surface area contributed by atoms with Gasteiger partial charge in [0.2, 0.25) is 0 Å². The molecule has 2 aliphatic heterocycles. The summed E-state index contributed by atoms with van der Waals surface area (Å²) in [4.78, 5) is 4.17. The summed E-state index contributed by atoms with van der Waals surface area (Å²) in [7, 11) is 2.32. The fourth-order valence-electron chi connectivity index (χ4n) is 5.14. The van der Waals surface area contributed by atoms with Gasteiger partial charge < -0.3 is 9.64 Å². The molecule has 0 aliphatic carbocycles. The molecule has 2 aromatic carbocycles. The van der Waals surface area contributed by atoms with Gasteiger partial charge in [0, 0.05) is 34.2 Å². The van der Waals surface area contributed by atoms with Gasteiger partial charge in [0.1, 0.15) is 5.75 Å². The van der Waals surface area contributed by atoms with Gasteiger partial charge in [-0.2, -0.15) is 0 Å². The second kappa shape index (κ2) is 6.71. The molecular formula is C23H25NOS. The van der Waals surface area contributed by atoms with E-state index >= 15 is 0 Å². The summed E-state index contributed by atoms with van der Waals surface area (Å²) in [5.41, 5.74) is 0. The van der Waals surface area contributed by atoms with Crippen molar-refractivity contribution in [3.63, 3.8) is 0 Å². The van der Waals surface area contributed by atoms with Crippen molar-refractivity contribution < 1.29 is 4.74 Å². The lowest BCUT2D eigenvalue weighted by Crippen LogP contribution is -2.47. The highest BCUT2D eigenvalue weighted by atomic mass is 32.1. The average molecular weight is 364 g/mol. The lowest BCUT2D eigenvalue weighted by Gasteiger charge is -2.42. The molecule has 5 rings (SSSR count). The van der Waals surface area contributed by atoms with Crippen molar-refractivity contribution in [3.05, 3.63) is 64.9 Å². The number of thiophene rings is 1. The van der Waals surface area contributed by atoms with E-state index in [1.165, 1.54) is 30.0 Å². The largest absolute Gasteiger partial charge is 0.493 e. The van der Waals surface area contributed by atoms with Crippen LogP contribution in [0.5, 0.6) is 5.75 Å². The van der Waals surface area contributed by atoms with Crippen molar-refractivity contribution in [1.29, 1.82) is 0 Å². The Morgan fingerprint density at radius 3 is 2.81 bits per heavy atom. The topological polar surface area (TPSA) is 12.5 Å². The second-order valence-electron chi connectivity index (χ2n) is 7.77. The van der Waals surface area contributed by atoms with Crippen LogP contribution < -0.4 is 4.74 Å². The van der Waals surface area contributed by atoms with E-state index < -0.39 is 0 Å². The van der Waals surface area contributed by atoms with Crippen molar-refractivity contribution >= 4 is 22.1 Å². The van der Waals surface area contributed by atoms with Gasteiger partial charge in [-0.05, 0) is 49.2 Å². The quantitative estimate of drug-likeness (QED) is 0.603. The first-order chi connectivity index (χ1) is 12.8. The number of hydrogen-bond donors (Lipinski definition) is 0. The predicted octanol–water partition coefficient (Wildman–Crippen LogP) is 5.55. The van der Waals surface area contributed by atoms with Gasteiger partial charge in [-0.15, -0.1) is 11.3 Å². The fourth-order valence-corrected chi connectivity index (χ4v) is 6.06. The van der Waals surface area contributed by atoms with Crippen LogP contribution in [0.2, 0.25) is 0 Å². The summed E-state index contributed by atoms with van der Waals surface area (Å²) in [6.45, 7) is 0.804. The van der Waals surface area contributed by atoms with Gasteiger partial charge in [-0.1, -0.05) is 42.5 Å². The maximum absolute atomic E-state index is 6.46. The van der Waals surface area contributed by atoms with Crippen LogP contribution in [0.15, 0.2) is 60.0 Å². The predicted molar refractivity (Wildman–Crippen MR) is 109 cm³/mol. The molecule has 2 fully saturated rings. The van der Waals surface area contributed by atoms with E-state index in [1.54, 1.807) is 4.88 Å². The molecule has 134 valence electrons. The number of fused-ring (bicyclic) bond motifs is 3. The molecule has 0 saturated carbocycles. The zero-order valence-corrected chi connectivity index (χ0v) is 16.0. The van der Waals surface area contributed by atoms with Crippen LogP contribution in [-0.2, 0) is 0 Å². The van der Waals surface area contributed by atoms with Crippen LogP contribution in [0.1, 0.15) is 30.1 Å². The maximum Gasteiger partial charge on any atom is 0.127 e. The molecule has 2 nitrogen and oxygen atoms in total. The van der Waals surface area contributed by atoms with Gasteiger partial charge in [-0.25, -0.2) is 0 Å². The Hall–Kier alpha value is -1.84. The standard InChI is InChI=1S/C23H25NOS/c1-24-17-11-12-21(24)20(19(14-17)23-10-5-13-26-23)15-25-22-9-4-7-16-6-2-3-8-18(16)22/h2-10,13,17,19-21H,11-12,14-15H2,1H3/t17?,19-,20+,21?/m1/s1. The van der Waals surface area contributed by atoms with E-state index in [2.05, 4.69) is 71.9 Å². The third-order valence-corrected chi connectivity index (χ3v) is 7.53. The minimum Gasteiger partial charge on any atom is -0.493 e. The second-order valence-corrected chi connectivity index (χ2v) is 8.75. The minimum atomic E-state index is 0.566. The van der Waals surface area contributed by atoms with Crippen molar-refractivity contribution in [1.82, 2.24) is 4.90 Å². The zero-order valence-electron chi connectivity index (χ0n) is 15.2. The molecule has 2 aliphatic rings. The summed E-state index contributed by atoms with van der Waals surface area (Å²) in [5, 5.41) is 4.69. The third kappa shape index (κ3) is 2.74. The minimum absolute atomic E-state index is 0.566. The van der Waals surface area contributed by atoms with Crippen LogP contribution in [0.25, 0.3) is 10.8 Å². The Kier molecular flexibility index (Phi) is 4.22. The Morgan fingerprint density at radius 1 is 1.04 bits per heavy atom. The Bertz CT molecular complexity index is 885. The fraction of sp³-hybridized carbons (Fsp3) is 0.391. The maximum atomic E-state index is 6.46. The summed E-state index contributed by atoms with van der Waals surface area (Å²) in [5.74, 6) is 2.23. The van der Waals surface area contributed by atoms with Gasteiger partial charge >= 0.3 is 0 Å². The summed E-state index contributed by atoms with van der Waals surface area (Å²) >= 11 is 1.92. The van der Waals surface area contributed by atoms with Gasteiger partial charge in [-0.3, -0.25) is 0 Å². The normalized spacial score (nSPS) is 28.5. The van der Waals surface area contributed by atoms with Crippen LogP contribution in [0.3, 0.4) is 0 Å². The van der Waals surface area contributed by atoms with E-state index in [0.717, 1.165) is 18.4 Å². The molecular weight excluding hydrogens is 338 g/mol. The van der Waals surface area contributed by atoms with Crippen LogP contribution in [-0.4, -0.2) is 30.6 Å². The zero-order chi connectivity index (χ0) is 17.5. The molecule has 2 unspecified atom stereocenters. The number of hydrogen-bond acceptors (Lipinski definition) is 3. The first-order valence-electron chi connectivity index (χ1n) is 9.67. The van der Waals surface area contributed by atoms with Crippen molar-refractivity contribution in [2.45, 2.75) is 37.3 Å². The number of benzene rings is 2. The molecule has 2 bridgehead atoms. The first kappa shape index (κ1) is 16.3. The SMILES string of the molecule is CN1C2CCC1[C@@H](COc1cccc3ccccc13)[C@H](c1cccs1)C2. The molecule has 26 heavy (non-hydrogen) atoms. The van der Waals surface area contributed by atoms with E-state index in [1.807, 2.05) is 11.3 Å². The Morgan fingerprint density at radius 2 is 1.92 bits per heavy atom. The van der Waals surface area contributed by atoms with Gasteiger partial charge in [0.15, 0.2) is 0 Å². The van der Waals surface area contributed by atoms with Crippen LogP contribution in [0.4, 0.5) is 0 Å². The number of piperidine rings is 1. The summed E-state index contributed by atoms with van der Waals surface area (Å²) < 4.78 is 6.46. The Balaban J connectivity index is 1.43. The smallest absolute Gasteiger partial charge is 0.127 e. The molecule has 0 N–H and O–H groups in total. The molecule has 0 radical (unpaired) electrons. The lowest BCUT2D eigenvalue weighted by atomic mass is 9.79. The molecule has 3 heterocycles. The molecule has 0 amide bonds. The van der Waals surface area contributed by atoms with Crippen molar-refractivity contribution in [3.8, 4) is 5.75 Å². The highest BCUT2D eigenvalue weighted by molar-refractivity contribution is 7.10. The highest BCUT2D eigenvalue weighted by Gasteiger charge is 2.46. The van der Waals surface area contributed by atoms with Gasteiger partial charge in [0.05, 0.1) is 6.61 Å². The molecule has 3 aromatic rings. The molecule has 4 atom stereocenters. The summed E-state index contributed by atoms with van der Waals surface area (Å²) in [6, 6.07) is 20.8. The molecule has 2 saturated heterocycles. The average Bonchev–Trinajstić information content (AvgIpc) is 3.28. The van der Waals surface area contributed by atoms with E-state index in [0.29, 0.717) is 17.9 Å². The summed E-state index contributed by atoms with van der Waals surface area (Å²) in [6.07, 6.45) is 3.93. The monoisotopic (exact) mass is 363 g/mol. The van der Waals surface area contributed by atoms with Crippen LogP contribution >= 0.6 is 11.3 Å². The third-order valence-electron chi connectivity index (χ3n) is 6.52.